The number of ether oxygens (including phenoxy) is 1. The fourth-order valence-electron chi connectivity index (χ4n) is 2.21. The van der Waals surface area contributed by atoms with Crippen molar-refractivity contribution in [2.45, 2.75) is 24.3 Å². The Bertz CT molecular complexity index is 634. The van der Waals surface area contributed by atoms with Crippen LogP contribution in [0.5, 0.6) is 0 Å². The number of sulfonamides is 1. The lowest BCUT2D eigenvalue weighted by molar-refractivity contribution is -0.144. The van der Waals surface area contributed by atoms with Crippen molar-refractivity contribution in [2.75, 3.05) is 13.7 Å². The van der Waals surface area contributed by atoms with Crippen LogP contribution in [0.25, 0.3) is 0 Å². The molecule has 0 aromatic heterocycles. The summed E-state index contributed by atoms with van der Waals surface area (Å²) in [7, 11) is -2.47. The lowest BCUT2D eigenvalue weighted by Crippen LogP contribution is -2.41. The lowest BCUT2D eigenvalue weighted by Gasteiger charge is -2.21. The van der Waals surface area contributed by atoms with Gasteiger partial charge in [-0.2, -0.15) is 4.31 Å². The van der Waals surface area contributed by atoms with Crippen molar-refractivity contribution in [3.05, 3.63) is 42.0 Å². The molecular formula is C14H17NO4S. The van der Waals surface area contributed by atoms with Crippen molar-refractivity contribution in [2.24, 2.45) is 0 Å². The molecule has 1 unspecified atom stereocenters. The first kappa shape index (κ1) is 14.7. The highest BCUT2D eigenvalue weighted by atomic mass is 32.2. The highest BCUT2D eigenvalue weighted by molar-refractivity contribution is 7.89. The monoisotopic (exact) mass is 295 g/mol. The van der Waals surface area contributed by atoms with Crippen molar-refractivity contribution in [1.82, 2.24) is 4.31 Å². The molecule has 6 heteroatoms. The first-order valence-electron chi connectivity index (χ1n) is 6.19. The maximum Gasteiger partial charge on any atom is 0.324 e. The fourth-order valence-corrected chi connectivity index (χ4v) is 3.80. The summed E-state index contributed by atoms with van der Waals surface area (Å²) in [5.41, 5.74) is 1.68. The van der Waals surface area contributed by atoms with E-state index in [2.05, 4.69) is 11.3 Å². The molecule has 0 spiro atoms. The summed E-state index contributed by atoms with van der Waals surface area (Å²) in [5.74, 6) is -0.556. The summed E-state index contributed by atoms with van der Waals surface area (Å²) in [6.45, 7) is 5.81. The van der Waals surface area contributed by atoms with Gasteiger partial charge in [-0.25, -0.2) is 8.42 Å². The molecule has 0 amide bonds. The van der Waals surface area contributed by atoms with Crippen molar-refractivity contribution in [3.8, 4) is 0 Å². The van der Waals surface area contributed by atoms with Crippen LogP contribution in [0.4, 0.5) is 0 Å². The second kappa shape index (κ2) is 5.38. The molecule has 0 aliphatic carbocycles. The number of esters is 1. The van der Waals surface area contributed by atoms with Crippen LogP contribution in [0.15, 0.2) is 41.3 Å². The van der Waals surface area contributed by atoms with Crippen molar-refractivity contribution in [3.63, 3.8) is 0 Å². The van der Waals surface area contributed by atoms with Gasteiger partial charge < -0.3 is 4.74 Å². The van der Waals surface area contributed by atoms with Crippen molar-refractivity contribution < 1.29 is 17.9 Å². The first-order valence-corrected chi connectivity index (χ1v) is 7.63. The Morgan fingerprint density at radius 1 is 1.35 bits per heavy atom. The molecule has 1 aromatic rings. The summed E-state index contributed by atoms with van der Waals surface area (Å²) in [5, 5.41) is 0. The van der Waals surface area contributed by atoms with E-state index in [1.165, 1.54) is 7.11 Å². The molecule has 1 saturated heterocycles. The summed E-state index contributed by atoms with van der Waals surface area (Å²) in [6.07, 6.45) is 0.303. The molecule has 1 aromatic carbocycles. The highest BCUT2D eigenvalue weighted by Crippen LogP contribution is 2.29. The Balaban J connectivity index is 2.39. The topological polar surface area (TPSA) is 63.7 Å². The van der Waals surface area contributed by atoms with Gasteiger partial charge in [0.25, 0.3) is 0 Å². The van der Waals surface area contributed by atoms with Crippen LogP contribution < -0.4 is 0 Å². The van der Waals surface area contributed by atoms with Crippen LogP contribution in [0.3, 0.4) is 0 Å². The minimum atomic E-state index is -3.72. The van der Waals surface area contributed by atoms with Gasteiger partial charge in [-0.05, 0) is 25.5 Å². The van der Waals surface area contributed by atoms with E-state index in [-0.39, 0.29) is 11.4 Å². The molecule has 0 bridgehead atoms. The number of carbonyl (C=O) groups excluding carboxylic acids is 1. The molecule has 108 valence electrons. The SMILES string of the molecule is C=C1CC(C(=O)OC)N(S(=O)(=O)c2ccc(C)cc2)C1. The van der Waals surface area contributed by atoms with Gasteiger partial charge in [-0.3, -0.25) is 4.79 Å². The number of nitrogens with zero attached hydrogens (tertiary/aromatic N) is 1. The second-order valence-corrected chi connectivity index (χ2v) is 6.75. The molecule has 0 N–H and O–H groups in total. The number of benzene rings is 1. The Labute approximate surface area is 118 Å². The van der Waals surface area contributed by atoms with E-state index < -0.39 is 22.0 Å². The van der Waals surface area contributed by atoms with E-state index in [0.717, 1.165) is 9.87 Å². The number of hydrogen-bond acceptors (Lipinski definition) is 4. The lowest BCUT2D eigenvalue weighted by atomic mass is 10.2. The van der Waals surface area contributed by atoms with E-state index in [1.807, 2.05) is 6.92 Å². The molecule has 0 saturated carbocycles. The molecule has 2 rings (SSSR count). The summed E-state index contributed by atoms with van der Waals surface area (Å²) in [6, 6.07) is 5.72. The van der Waals surface area contributed by atoms with E-state index in [1.54, 1.807) is 24.3 Å². The normalized spacial score (nSPS) is 20.1. The third-order valence-corrected chi connectivity index (χ3v) is 5.18. The van der Waals surface area contributed by atoms with Crippen LogP contribution in [-0.2, 0) is 19.6 Å². The molecule has 1 heterocycles. The van der Waals surface area contributed by atoms with Crippen molar-refractivity contribution >= 4 is 16.0 Å². The Hall–Kier alpha value is -1.66. The molecule has 0 radical (unpaired) electrons. The van der Waals surface area contributed by atoms with Crippen LogP contribution in [0, 0.1) is 6.92 Å². The largest absolute Gasteiger partial charge is 0.468 e. The number of methoxy groups -OCH3 is 1. The van der Waals surface area contributed by atoms with Gasteiger partial charge in [0.1, 0.15) is 6.04 Å². The van der Waals surface area contributed by atoms with Gasteiger partial charge in [0.2, 0.25) is 10.0 Å². The third-order valence-electron chi connectivity index (χ3n) is 3.31. The van der Waals surface area contributed by atoms with Gasteiger partial charge in [-0.15, -0.1) is 0 Å². The van der Waals surface area contributed by atoms with E-state index in [0.29, 0.717) is 12.0 Å². The summed E-state index contributed by atoms with van der Waals surface area (Å²) in [4.78, 5) is 11.9. The van der Waals surface area contributed by atoms with Gasteiger partial charge in [0.15, 0.2) is 0 Å². The zero-order valence-electron chi connectivity index (χ0n) is 11.5. The van der Waals surface area contributed by atoms with Crippen LogP contribution in [-0.4, -0.2) is 38.4 Å². The van der Waals surface area contributed by atoms with E-state index in [4.69, 9.17) is 0 Å². The van der Waals surface area contributed by atoms with Crippen LogP contribution in [0.2, 0.25) is 0 Å². The van der Waals surface area contributed by atoms with Gasteiger partial charge in [-0.1, -0.05) is 29.8 Å². The fraction of sp³-hybridized carbons (Fsp3) is 0.357. The average Bonchev–Trinajstić information content (AvgIpc) is 2.81. The van der Waals surface area contributed by atoms with Gasteiger partial charge in [0.05, 0.1) is 12.0 Å². The summed E-state index contributed by atoms with van der Waals surface area (Å²) >= 11 is 0. The third kappa shape index (κ3) is 2.62. The molecule has 1 atom stereocenters. The molecule has 20 heavy (non-hydrogen) atoms. The Morgan fingerprint density at radius 3 is 2.50 bits per heavy atom. The molecule has 1 fully saturated rings. The minimum Gasteiger partial charge on any atom is -0.468 e. The van der Waals surface area contributed by atoms with E-state index >= 15 is 0 Å². The standard InChI is InChI=1S/C14H17NO4S/c1-10-4-6-12(7-5-10)20(17,18)15-9-11(2)8-13(15)14(16)19-3/h4-7,13H,2,8-9H2,1,3H3. The van der Waals surface area contributed by atoms with Gasteiger partial charge >= 0.3 is 5.97 Å². The predicted molar refractivity (Wildman–Crippen MR) is 74.6 cm³/mol. The quantitative estimate of drug-likeness (QED) is 0.626. The number of carbonyl (C=O) groups is 1. The average molecular weight is 295 g/mol. The maximum atomic E-state index is 12.6. The smallest absolute Gasteiger partial charge is 0.324 e. The van der Waals surface area contributed by atoms with Crippen LogP contribution >= 0.6 is 0 Å². The molecular weight excluding hydrogens is 278 g/mol. The maximum absolute atomic E-state index is 12.6. The zero-order valence-corrected chi connectivity index (χ0v) is 12.3. The van der Waals surface area contributed by atoms with E-state index in [9.17, 15) is 13.2 Å². The molecule has 5 nitrogen and oxygen atoms in total. The van der Waals surface area contributed by atoms with Crippen LogP contribution in [0.1, 0.15) is 12.0 Å². The zero-order chi connectivity index (χ0) is 14.9. The first-order chi connectivity index (χ1) is 9.36. The summed E-state index contributed by atoms with van der Waals surface area (Å²) < 4.78 is 31.0. The highest BCUT2D eigenvalue weighted by Gasteiger charge is 2.41. The second-order valence-electron chi connectivity index (χ2n) is 4.86. The van der Waals surface area contributed by atoms with Crippen molar-refractivity contribution in [1.29, 1.82) is 0 Å². The van der Waals surface area contributed by atoms with Gasteiger partial charge in [0, 0.05) is 6.54 Å². The molecule has 1 aliphatic heterocycles. The number of hydrogen-bond donors (Lipinski definition) is 0. The molecule has 1 aliphatic rings. The number of aryl methyl sites for hydroxylation is 1. The number of rotatable bonds is 3. The predicted octanol–water partition coefficient (Wildman–Crippen LogP) is 1.49. The minimum absolute atomic E-state index is 0.149. The Kier molecular flexibility index (Phi) is 3.96. The Morgan fingerprint density at radius 2 is 1.95 bits per heavy atom.